The van der Waals surface area contributed by atoms with E-state index in [2.05, 4.69) is 10.3 Å². The van der Waals surface area contributed by atoms with Crippen LogP contribution in [0.3, 0.4) is 0 Å². The fourth-order valence-corrected chi connectivity index (χ4v) is 3.02. The summed E-state index contributed by atoms with van der Waals surface area (Å²) in [6.07, 6.45) is 2.11. The van der Waals surface area contributed by atoms with E-state index >= 15 is 0 Å². The van der Waals surface area contributed by atoms with E-state index in [4.69, 9.17) is 16.3 Å². The van der Waals surface area contributed by atoms with Crippen molar-refractivity contribution in [1.82, 2.24) is 10.3 Å². The van der Waals surface area contributed by atoms with Gasteiger partial charge in [0.2, 0.25) is 5.91 Å². The third-order valence-corrected chi connectivity index (χ3v) is 4.48. The molecule has 0 spiro atoms. The summed E-state index contributed by atoms with van der Waals surface area (Å²) >= 11 is 5.92. The first-order valence-corrected chi connectivity index (χ1v) is 8.61. The summed E-state index contributed by atoms with van der Waals surface area (Å²) in [5, 5.41) is 4.53. The molecule has 5 nitrogen and oxygen atoms in total. The molecule has 0 aliphatic rings. The Bertz CT molecular complexity index is 918. The number of fused-ring (bicyclic) bond motifs is 1. The number of nitrogens with one attached hydrogen (secondary N) is 2. The molecule has 134 valence electrons. The number of methoxy groups -OCH3 is 1. The summed E-state index contributed by atoms with van der Waals surface area (Å²) in [4.78, 5) is 27.5. The number of para-hydroxylation sites is 1. The maximum atomic E-state index is 12.6. The van der Waals surface area contributed by atoms with Gasteiger partial charge in [-0.1, -0.05) is 41.9 Å². The molecule has 0 fully saturated rings. The fourth-order valence-electron chi connectivity index (χ4n) is 2.89. The van der Waals surface area contributed by atoms with Crippen molar-refractivity contribution in [3.8, 4) is 0 Å². The number of halogens is 1. The van der Waals surface area contributed by atoms with Crippen molar-refractivity contribution in [1.29, 1.82) is 0 Å². The Balaban J connectivity index is 1.76. The van der Waals surface area contributed by atoms with Gasteiger partial charge in [0, 0.05) is 22.1 Å². The highest BCUT2D eigenvalue weighted by atomic mass is 35.5. The van der Waals surface area contributed by atoms with Crippen LogP contribution in [0.15, 0.2) is 54.7 Å². The molecule has 1 aromatic heterocycles. The second kappa shape index (κ2) is 8.06. The summed E-state index contributed by atoms with van der Waals surface area (Å²) < 4.78 is 4.75. The molecule has 0 aliphatic carbocycles. The number of carbonyl (C=O) groups is 2. The Morgan fingerprint density at radius 2 is 1.88 bits per heavy atom. The molecule has 1 heterocycles. The lowest BCUT2D eigenvalue weighted by Crippen LogP contribution is -2.31. The molecule has 0 bridgehead atoms. The second-order valence-electron chi connectivity index (χ2n) is 5.99. The van der Waals surface area contributed by atoms with Gasteiger partial charge in [-0.05, 0) is 29.3 Å². The number of aromatic amines is 1. The molecule has 0 unspecified atom stereocenters. The van der Waals surface area contributed by atoms with E-state index < -0.39 is 12.0 Å². The predicted molar refractivity (Wildman–Crippen MR) is 101 cm³/mol. The van der Waals surface area contributed by atoms with Gasteiger partial charge < -0.3 is 15.0 Å². The number of hydrogen-bond donors (Lipinski definition) is 2. The van der Waals surface area contributed by atoms with Crippen molar-refractivity contribution in [2.75, 3.05) is 7.11 Å². The van der Waals surface area contributed by atoms with Crippen molar-refractivity contribution in [3.05, 3.63) is 70.9 Å². The van der Waals surface area contributed by atoms with Crippen LogP contribution in [0.5, 0.6) is 0 Å². The van der Waals surface area contributed by atoms with Crippen LogP contribution in [-0.2, 0) is 20.7 Å². The first kappa shape index (κ1) is 18.0. The number of ether oxygens (including phenoxy) is 1. The minimum Gasteiger partial charge on any atom is -0.469 e. The zero-order valence-corrected chi connectivity index (χ0v) is 15.0. The molecule has 26 heavy (non-hydrogen) atoms. The Kier molecular flexibility index (Phi) is 5.58. The molecule has 0 radical (unpaired) electrons. The smallest absolute Gasteiger partial charge is 0.307 e. The molecule has 3 aromatic rings. The van der Waals surface area contributed by atoms with E-state index in [0.717, 1.165) is 22.0 Å². The quantitative estimate of drug-likeness (QED) is 0.648. The lowest BCUT2D eigenvalue weighted by atomic mass is 10.0. The molecule has 6 heteroatoms. The van der Waals surface area contributed by atoms with Crippen LogP contribution in [0.1, 0.15) is 23.6 Å². The molecule has 2 N–H and O–H groups in total. The Morgan fingerprint density at radius 3 is 2.62 bits per heavy atom. The van der Waals surface area contributed by atoms with Crippen molar-refractivity contribution in [3.63, 3.8) is 0 Å². The summed E-state index contributed by atoms with van der Waals surface area (Å²) in [6.45, 7) is 0. The van der Waals surface area contributed by atoms with Gasteiger partial charge in [-0.3, -0.25) is 9.59 Å². The van der Waals surface area contributed by atoms with E-state index in [-0.39, 0.29) is 18.7 Å². The van der Waals surface area contributed by atoms with E-state index in [0.29, 0.717) is 5.02 Å². The molecule has 3 rings (SSSR count). The molecule has 0 aliphatic heterocycles. The molecule has 1 atom stereocenters. The number of rotatable bonds is 6. The minimum absolute atomic E-state index is 0.0533. The lowest BCUT2D eigenvalue weighted by Gasteiger charge is -2.18. The van der Waals surface area contributed by atoms with Crippen LogP contribution >= 0.6 is 11.6 Å². The largest absolute Gasteiger partial charge is 0.469 e. The summed E-state index contributed by atoms with van der Waals surface area (Å²) in [6, 6.07) is 14.4. The number of carbonyl (C=O) groups excluding carboxylic acids is 2. The molecular formula is C20H19ClN2O3. The van der Waals surface area contributed by atoms with Gasteiger partial charge in [0.05, 0.1) is 26.0 Å². The second-order valence-corrected chi connectivity index (χ2v) is 6.42. The topological polar surface area (TPSA) is 71.2 Å². The predicted octanol–water partition coefficient (Wildman–Crippen LogP) is 3.78. The molecule has 0 saturated carbocycles. The summed E-state index contributed by atoms with van der Waals surface area (Å²) in [7, 11) is 1.33. The van der Waals surface area contributed by atoms with Crippen LogP contribution in [0.4, 0.5) is 0 Å². The van der Waals surface area contributed by atoms with Gasteiger partial charge in [-0.25, -0.2) is 0 Å². The van der Waals surface area contributed by atoms with E-state index in [1.165, 1.54) is 7.11 Å². The highest BCUT2D eigenvalue weighted by molar-refractivity contribution is 6.30. The van der Waals surface area contributed by atoms with Gasteiger partial charge >= 0.3 is 5.97 Å². The number of esters is 1. The first-order chi connectivity index (χ1) is 12.6. The molecule has 0 saturated heterocycles. The standard InChI is InChI=1S/C20H19ClN2O3/c1-26-20(25)11-18(13-6-8-15(21)9-7-13)23-19(24)10-14-12-22-17-5-3-2-4-16(14)17/h2-9,12,18,22H,10-11H2,1H3,(H,23,24)/t18-/m0/s1. The van der Waals surface area contributed by atoms with E-state index in [1.807, 2.05) is 30.5 Å². The van der Waals surface area contributed by atoms with Crippen LogP contribution in [0, 0.1) is 0 Å². The Morgan fingerprint density at radius 1 is 1.15 bits per heavy atom. The zero-order valence-electron chi connectivity index (χ0n) is 14.3. The maximum absolute atomic E-state index is 12.6. The highest BCUT2D eigenvalue weighted by Gasteiger charge is 2.19. The number of aromatic nitrogens is 1. The van der Waals surface area contributed by atoms with Crippen molar-refractivity contribution in [2.24, 2.45) is 0 Å². The monoisotopic (exact) mass is 370 g/mol. The van der Waals surface area contributed by atoms with Gasteiger partial charge in [0.1, 0.15) is 0 Å². The number of amides is 1. The minimum atomic E-state index is -0.475. The van der Waals surface area contributed by atoms with Crippen LogP contribution in [0.25, 0.3) is 10.9 Å². The average Bonchev–Trinajstić information content (AvgIpc) is 3.04. The van der Waals surface area contributed by atoms with Crippen LogP contribution in [0.2, 0.25) is 5.02 Å². The Hall–Kier alpha value is -2.79. The third kappa shape index (κ3) is 4.24. The summed E-state index contributed by atoms with van der Waals surface area (Å²) in [5.74, 6) is -0.559. The first-order valence-electron chi connectivity index (χ1n) is 8.23. The van der Waals surface area contributed by atoms with Gasteiger partial charge in [-0.15, -0.1) is 0 Å². The average molecular weight is 371 g/mol. The Labute approximate surface area is 156 Å². The highest BCUT2D eigenvalue weighted by Crippen LogP contribution is 2.22. The molecular weight excluding hydrogens is 352 g/mol. The normalized spacial score (nSPS) is 11.9. The third-order valence-electron chi connectivity index (χ3n) is 4.23. The van der Waals surface area contributed by atoms with Gasteiger partial charge in [-0.2, -0.15) is 0 Å². The fraction of sp³-hybridized carbons (Fsp3) is 0.200. The van der Waals surface area contributed by atoms with E-state index in [1.54, 1.807) is 24.3 Å². The van der Waals surface area contributed by atoms with Crippen LogP contribution < -0.4 is 5.32 Å². The lowest BCUT2D eigenvalue weighted by molar-refractivity contribution is -0.141. The van der Waals surface area contributed by atoms with Crippen LogP contribution in [-0.4, -0.2) is 24.0 Å². The van der Waals surface area contributed by atoms with Crippen molar-refractivity contribution < 1.29 is 14.3 Å². The number of hydrogen-bond acceptors (Lipinski definition) is 3. The number of H-pyrrole nitrogens is 1. The van der Waals surface area contributed by atoms with Crippen molar-refractivity contribution >= 4 is 34.4 Å². The molecule has 2 aromatic carbocycles. The van der Waals surface area contributed by atoms with Crippen molar-refractivity contribution in [2.45, 2.75) is 18.9 Å². The summed E-state index contributed by atoms with van der Waals surface area (Å²) in [5.41, 5.74) is 2.69. The SMILES string of the molecule is COC(=O)C[C@H](NC(=O)Cc1c[nH]c2ccccc12)c1ccc(Cl)cc1. The van der Waals surface area contributed by atoms with Gasteiger partial charge in [0.15, 0.2) is 0 Å². The number of benzene rings is 2. The maximum Gasteiger partial charge on any atom is 0.307 e. The molecule has 1 amide bonds. The van der Waals surface area contributed by atoms with E-state index in [9.17, 15) is 9.59 Å². The van der Waals surface area contributed by atoms with Gasteiger partial charge in [0.25, 0.3) is 0 Å². The zero-order chi connectivity index (χ0) is 18.5.